The van der Waals surface area contributed by atoms with Crippen LogP contribution in [0, 0.1) is 5.41 Å². The minimum Gasteiger partial charge on any atom is -0.382 e. The highest BCUT2D eigenvalue weighted by Gasteiger charge is 2.47. The van der Waals surface area contributed by atoms with E-state index in [0.717, 1.165) is 70.9 Å². The summed E-state index contributed by atoms with van der Waals surface area (Å²) in [5, 5.41) is 0.445. The topological polar surface area (TPSA) is 88.5 Å². The normalized spacial score (nSPS) is 18.1. The van der Waals surface area contributed by atoms with E-state index in [9.17, 15) is 0 Å². The summed E-state index contributed by atoms with van der Waals surface area (Å²) < 4.78 is 2.14. The van der Waals surface area contributed by atoms with Crippen LogP contribution in [-0.4, -0.2) is 104 Å². The molecule has 6 rings (SSSR count). The molecule has 17 heteroatoms. The van der Waals surface area contributed by atoms with Crippen LogP contribution in [0.5, 0.6) is 0 Å². The van der Waals surface area contributed by atoms with E-state index in [1.807, 2.05) is 36.9 Å². The number of hydrogen-bond donors (Lipinski definition) is 1. The zero-order valence-electron chi connectivity index (χ0n) is 26.3. The molecule has 0 unspecified atom stereocenters. The molecule has 0 amide bonds. The van der Waals surface area contributed by atoms with Gasteiger partial charge >= 0.3 is 0 Å². The molecule has 0 bridgehead atoms. The fourth-order valence-electron chi connectivity index (χ4n) is 6.93. The summed E-state index contributed by atoms with van der Waals surface area (Å²) in [6, 6.07) is 6.18. The number of rotatable bonds is 7. The Morgan fingerprint density at radius 2 is 1.74 bits per heavy atom. The Labute approximate surface area is 270 Å². The zero-order chi connectivity index (χ0) is 30.7. The first kappa shape index (κ1) is 30.6. The molecular weight excluding hydrogens is 568 g/mol. The van der Waals surface area contributed by atoms with Crippen molar-refractivity contribution < 1.29 is 0 Å². The van der Waals surface area contributed by atoms with Gasteiger partial charge in [-0.25, -0.2) is 15.0 Å². The van der Waals surface area contributed by atoms with Crippen molar-refractivity contribution in [3.63, 3.8) is 0 Å². The Balaban J connectivity index is 1.35. The van der Waals surface area contributed by atoms with E-state index in [1.54, 1.807) is 11.8 Å². The molecule has 2 aliphatic rings. The molecule has 0 aromatic carbocycles. The molecule has 1 atom stereocenters. The summed E-state index contributed by atoms with van der Waals surface area (Å²) in [4.78, 5) is 26.3. The number of anilines is 2. The lowest BCUT2D eigenvalue weighted by molar-refractivity contribution is 0.186. The number of pyridine rings is 2. The molecule has 0 saturated carbocycles. The summed E-state index contributed by atoms with van der Waals surface area (Å²) in [5.41, 5.74) is 11.2. The monoisotopic (exact) mass is 604 g/mol. The standard InChI is InChI=1S/C26H36B7ClN8S/c27-22(28)42(23(29)30)20-16(34)15(3-7-37-20)43-17-19(26(31,32)33)39-24(41-11-8-38-21(17)41)40-9-4-25(5-10-40)12-14-13(18(25)35)2-1-6-36-14/h1-3,6-8,11,18,22-23H,4-5,9-10,12,27-33,35H2/t18-/m1/s1. The third-order valence-electron chi connectivity index (χ3n) is 9.08. The van der Waals surface area contributed by atoms with Gasteiger partial charge in [-0.1, -0.05) is 34.5 Å². The minimum atomic E-state index is -0.215. The maximum Gasteiger partial charge on any atom is 0.211 e. The first-order valence-electron chi connectivity index (χ1n) is 15.3. The van der Waals surface area contributed by atoms with Crippen molar-refractivity contribution in [1.82, 2.24) is 24.3 Å². The van der Waals surface area contributed by atoms with Crippen molar-refractivity contribution in [2.24, 2.45) is 11.1 Å². The number of imidazole rings is 1. The highest BCUT2D eigenvalue weighted by atomic mass is 35.5. The van der Waals surface area contributed by atoms with Gasteiger partial charge in [-0.15, -0.1) is 0 Å². The van der Waals surface area contributed by atoms with E-state index in [2.05, 4.69) is 80.2 Å². The number of nitrogens with zero attached hydrogens (tertiary/aromatic N) is 7. The lowest BCUT2D eigenvalue weighted by atomic mass is 9.41. The average molecular weight is 604 g/mol. The van der Waals surface area contributed by atoms with Crippen LogP contribution in [0.2, 0.25) is 5.02 Å². The second-order valence-corrected chi connectivity index (χ2v) is 15.1. The third-order valence-corrected chi connectivity index (χ3v) is 10.7. The number of nitrogens with two attached hydrogens (primary N) is 1. The SMILES string of the molecule is BC(B)N(c1nccc(Sc2c(C(B)(B)B)nc(N3CCC4(CC3)Cc3ncccc3[C@H]4N)n3ccnc23)c1Cl)C(B)B. The van der Waals surface area contributed by atoms with Gasteiger partial charge in [-0.2, -0.15) is 0 Å². The maximum atomic E-state index is 7.10. The van der Waals surface area contributed by atoms with Crippen molar-refractivity contribution in [3.8, 4) is 0 Å². The van der Waals surface area contributed by atoms with Crippen LogP contribution in [0.4, 0.5) is 11.8 Å². The number of hydrogen-bond acceptors (Lipinski definition) is 8. The third kappa shape index (κ3) is 5.42. The predicted octanol–water partition coefficient (Wildman–Crippen LogP) is -2.92. The fraction of sp³-hybridized carbons (Fsp3) is 0.385. The summed E-state index contributed by atoms with van der Waals surface area (Å²) in [5.74, 6) is 2.28. The number of aromatic nitrogens is 5. The van der Waals surface area contributed by atoms with Crippen molar-refractivity contribution in [3.05, 3.63) is 65.0 Å². The molecule has 2 N–H and O–H groups in total. The molecule has 8 nitrogen and oxygen atoms in total. The van der Waals surface area contributed by atoms with E-state index in [-0.39, 0.29) is 28.3 Å². The first-order chi connectivity index (χ1) is 20.4. The molecule has 1 saturated heterocycles. The van der Waals surface area contributed by atoms with Gasteiger partial charge in [0.2, 0.25) is 5.95 Å². The molecule has 1 fully saturated rings. The van der Waals surface area contributed by atoms with Crippen LogP contribution in [0.25, 0.3) is 5.65 Å². The van der Waals surface area contributed by atoms with Gasteiger partial charge in [0.15, 0.2) is 5.65 Å². The largest absolute Gasteiger partial charge is 0.382 e. The second-order valence-electron chi connectivity index (χ2n) is 13.6. The van der Waals surface area contributed by atoms with Gasteiger partial charge in [-0.05, 0) is 54.1 Å². The van der Waals surface area contributed by atoms with E-state index in [1.165, 1.54) is 5.56 Å². The smallest absolute Gasteiger partial charge is 0.211 e. The molecule has 214 valence electrons. The van der Waals surface area contributed by atoms with Gasteiger partial charge in [0.25, 0.3) is 0 Å². The van der Waals surface area contributed by atoms with Crippen LogP contribution in [0.15, 0.2) is 52.8 Å². The van der Waals surface area contributed by atoms with E-state index in [4.69, 9.17) is 32.3 Å². The van der Waals surface area contributed by atoms with Crippen LogP contribution in [-0.2, 0) is 11.5 Å². The van der Waals surface area contributed by atoms with Crippen LogP contribution < -0.4 is 15.5 Å². The molecular formula is C26H36B7ClN8S. The van der Waals surface area contributed by atoms with Crippen molar-refractivity contribution >= 4 is 95.7 Å². The highest BCUT2D eigenvalue weighted by molar-refractivity contribution is 7.99. The Hall–Kier alpha value is -2.43. The van der Waals surface area contributed by atoms with Gasteiger partial charge in [-0.3, -0.25) is 9.38 Å². The lowest BCUT2D eigenvalue weighted by Crippen LogP contribution is -2.45. The van der Waals surface area contributed by atoms with Gasteiger partial charge < -0.3 is 15.5 Å². The molecule has 5 heterocycles. The fourth-order valence-corrected chi connectivity index (χ4v) is 8.48. The summed E-state index contributed by atoms with van der Waals surface area (Å²) >= 11 is 8.73. The Bertz CT molecular complexity index is 1650. The number of fused-ring (bicyclic) bond motifs is 2. The minimum absolute atomic E-state index is 0.0285. The average Bonchev–Trinajstić information content (AvgIpc) is 3.54. The van der Waals surface area contributed by atoms with Crippen molar-refractivity contribution in [1.29, 1.82) is 0 Å². The molecule has 0 radical (unpaired) electrons. The van der Waals surface area contributed by atoms with E-state index in [0.29, 0.717) is 5.02 Å². The van der Waals surface area contributed by atoms with Crippen molar-refractivity contribution in [2.45, 2.75) is 51.9 Å². The van der Waals surface area contributed by atoms with Crippen LogP contribution >= 0.6 is 23.4 Å². The molecule has 43 heavy (non-hydrogen) atoms. The second kappa shape index (κ2) is 11.5. The summed E-state index contributed by atoms with van der Waals surface area (Å²) in [6.07, 6.45) is 10.6. The Morgan fingerprint density at radius 3 is 2.40 bits per heavy atom. The number of piperidine rings is 1. The molecule has 4 aromatic heterocycles. The predicted molar refractivity (Wildman–Crippen MR) is 197 cm³/mol. The Kier molecular flexibility index (Phi) is 8.18. The van der Waals surface area contributed by atoms with Crippen molar-refractivity contribution in [2.75, 3.05) is 22.9 Å². The molecule has 4 aromatic rings. The quantitative estimate of drug-likeness (QED) is 0.225. The van der Waals surface area contributed by atoms with E-state index >= 15 is 0 Å². The summed E-state index contributed by atoms with van der Waals surface area (Å²) in [7, 11) is 15.3. The first-order valence-corrected chi connectivity index (χ1v) is 16.5. The van der Waals surface area contributed by atoms with Gasteiger partial charge in [0.1, 0.15) is 37.2 Å². The van der Waals surface area contributed by atoms with Crippen LogP contribution in [0.3, 0.4) is 0 Å². The van der Waals surface area contributed by atoms with Gasteiger partial charge in [0.05, 0.1) is 33.5 Å². The van der Waals surface area contributed by atoms with Gasteiger partial charge in [0, 0.05) is 60.2 Å². The Morgan fingerprint density at radius 1 is 1.02 bits per heavy atom. The molecule has 1 aliphatic heterocycles. The van der Waals surface area contributed by atoms with Crippen LogP contribution in [0.1, 0.15) is 35.8 Å². The molecule has 1 spiro atoms. The number of halogens is 1. The van der Waals surface area contributed by atoms with E-state index < -0.39 is 0 Å². The maximum absolute atomic E-state index is 7.10. The summed E-state index contributed by atoms with van der Waals surface area (Å²) in [6.45, 7) is 1.77. The highest BCUT2D eigenvalue weighted by Crippen LogP contribution is 2.50. The lowest BCUT2D eigenvalue weighted by Gasteiger charge is -2.42. The zero-order valence-corrected chi connectivity index (χ0v) is 27.9. The molecule has 1 aliphatic carbocycles.